The first-order valence-electron chi connectivity index (χ1n) is 10.4. The molecule has 0 aliphatic carbocycles. The van der Waals surface area contributed by atoms with Gasteiger partial charge in [0.25, 0.3) is 17.7 Å². The van der Waals surface area contributed by atoms with E-state index in [0.717, 1.165) is 6.07 Å². The molecule has 4 rings (SSSR count). The van der Waals surface area contributed by atoms with Gasteiger partial charge in [0.2, 0.25) is 5.60 Å². The van der Waals surface area contributed by atoms with Gasteiger partial charge in [0.1, 0.15) is 11.5 Å². The van der Waals surface area contributed by atoms with E-state index >= 15 is 0 Å². The monoisotopic (exact) mass is 472 g/mol. The molecule has 2 heterocycles. The van der Waals surface area contributed by atoms with Crippen LogP contribution in [0.1, 0.15) is 29.4 Å². The smallest absolute Gasteiger partial charge is 0.268 e. The molecule has 1 fully saturated rings. The van der Waals surface area contributed by atoms with Gasteiger partial charge in [-0.15, -0.1) is 0 Å². The molecule has 3 aromatic rings. The van der Waals surface area contributed by atoms with Gasteiger partial charge in [-0.3, -0.25) is 14.4 Å². The summed E-state index contributed by atoms with van der Waals surface area (Å²) in [5.41, 5.74) is -0.232. The Morgan fingerprint density at radius 3 is 2.73 bits per heavy atom. The number of carbonyl (C=O) groups is 3. The number of nitrogens with one attached hydrogen (secondary N) is 3. The third kappa shape index (κ3) is 4.42. The molecule has 1 aliphatic heterocycles. The van der Waals surface area contributed by atoms with Gasteiger partial charge in [-0.25, -0.2) is 4.39 Å². The number of hydrogen-bond donors (Lipinski definition) is 4. The summed E-state index contributed by atoms with van der Waals surface area (Å²) in [6.07, 6.45) is -0.100. The first-order chi connectivity index (χ1) is 15.7. The van der Waals surface area contributed by atoms with Crippen LogP contribution in [0.4, 0.5) is 10.1 Å². The third-order valence-electron chi connectivity index (χ3n) is 5.55. The van der Waals surface area contributed by atoms with Gasteiger partial charge in [-0.2, -0.15) is 0 Å². The lowest BCUT2D eigenvalue weighted by Gasteiger charge is -2.22. The average Bonchev–Trinajstić information content (AvgIpc) is 3.33. The molecule has 0 radical (unpaired) electrons. The van der Waals surface area contributed by atoms with Crippen molar-refractivity contribution in [3.8, 4) is 0 Å². The SMILES string of the molecule is CCNC(=O)c1cc2cc(N3CCC(O)(C(=O)NCc4cc(F)cc(Cl)c4)C3=O)ccc2[nH]1. The molecule has 1 atom stereocenters. The zero-order chi connectivity index (χ0) is 23.8. The molecule has 8 nitrogen and oxygen atoms in total. The normalized spacial score (nSPS) is 18.1. The van der Waals surface area contributed by atoms with Crippen molar-refractivity contribution in [1.82, 2.24) is 15.6 Å². The number of anilines is 1. The van der Waals surface area contributed by atoms with Crippen molar-refractivity contribution in [1.29, 1.82) is 0 Å². The Morgan fingerprint density at radius 1 is 1.21 bits per heavy atom. The van der Waals surface area contributed by atoms with E-state index in [0.29, 0.717) is 34.4 Å². The fourth-order valence-corrected chi connectivity index (χ4v) is 4.11. The minimum absolute atomic E-state index is 0.0934. The largest absolute Gasteiger partial charge is 0.372 e. The third-order valence-corrected chi connectivity index (χ3v) is 5.76. The van der Waals surface area contributed by atoms with Crippen LogP contribution in [0, 0.1) is 5.82 Å². The molecule has 172 valence electrons. The molecule has 1 aromatic heterocycles. The zero-order valence-electron chi connectivity index (χ0n) is 17.7. The maximum Gasteiger partial charge on any atom is 0.268 e. The van der Waals surface area contributed by atoms with Gasteiger partial charge >= 0.3 is 0 Å². The predicted octanol–water partition coefficient (Wildman–Crippen LogP) is 2.49. The standard InChI is InChI=1S/C23H22ClFN4O4/c1-2-26-20(30)19-10-14-9-17(3-4-18(14)28-19)29-6-5-23(33,22(29)32)21(31)27-12-13-7-15(24)11-16(25)8-13/h3-4,7-11,28,33H,2,5-6,12H2,1H3,(H,26,30)(H,27,31). The molecule has 0 bridgehead atoms. The molecule has 33 heavy (non-hydrogen) atoms. The van der Waals surface area contributed by atoms with Crippen molar-refractivity contribution in [3.05, 3.63) is 64.6 Å². The van der Waals surface area contributed by atoms with Crippen LogP contribution >= 0.6 is 11.6 Å². The van der Waals surface area contributed by atoms with Crippen molar-refractivity contribution in [3.63, 3.8) is 0 Å². The highest BCUT2D eigenvalue weighted by atomic mass is 35.5. The fourth-order valence-electron chi connectivity index (χ4n) is 3.87. The number of hydrogen-bond acceptors (Lipinski definition) is 4. The maximum absolute atomic E-state index is 13.5. The van der Waals surface area contributed by atoms with E-state index in [2.05, 4.69) is 15.6 Å². The molecule has 0 spiro atoms. The number of fused-ring (bicyclic) bond motifs is 1. The molecule has 4 N–H and O–H groups in total. The summed E-state index contributed by atoms with van der Waals surface area (Å²) in [7, 11) is 0. The van der Waals surface area contributed by atoms with E-state index in [-0.39, 0.29) is 30.4 Å². The van der Waals surface area contributed by atoms with Crippen LogP contribution < -0.4 is 15.5 Å². The lowest BCUT2D eigenvalue weighted by Crippen LogP contribution is -2.52. The van der Waals surface area contributed by atoms with Crippen LogP contribution in [0.2, 0.25) is 5.02 Å². The minimum Gasteiger partial charge on any atom is -0.372 e. The quantitative estimate of drug-likeness (QED) is 0.413. The number of nitrogens with zero attached hydrogens (tertiary/aromatic N) is 1. The van der Waals surface area contributed by atoms with Crippen molar-refractivity contribution < 1.29 is 23.9 Å². The fraction of sp³-hybridized carbons (Fsp3) is 0.261. The predicted molar refractivity (Wildman–Crippen MR) is 121 cm³/mol. The van der Waals surface area contributed by atoms with E-state index in [1.807, 2.05) is 6.92 Å². The number of aromatic nitrogens is 1. The first kappa shape index (κ1) is 22.8. The van der Waals surface area contributed by atoms with E-state index < -0.39 is 23.2 Å². The van der Waals surface area contributed by atoms with Crippen LogP contribution in [0.5, 0.6) is 0 Å². The maximum atomic E-state index is 13.5. The van der Waals surface area contributed by atoms with Crippen molar-refractivity contribution in [2.45, 2.75) is 25.5 Å². The van der Waals surface area contributed by atoms with Crippen molar-refractivity contribution >= 4 is 45.9 Å². The van der Waals surface area contributed by atoms with E-state index in [4.69, 9.17) is 11.6 Å². The first-order valence-corrected chi connectivity index (χ1v) is 10.8. The number of carbonyl (C=O) groups excluding carboxylic acids is 3. The van der Waals surface area contributed by atoms with Crippen LogP contribution in [0.3, 0.4) is 0 Å². The number of halogens is 2. The van der Waals surface area contributed by atoms with Crippen molar-refractivity contribution in [2.24, 2.45) is 0 Å². The van der Waals surface area contributed by atoms with Crippen molar-refractivity contribution in [2.75, 3.05) is 18.0 Å². The van der Waals surface area contributed by atoms with Crippen LogP contribution in [-0.2, 0) is 16.1 Å². The van der Waals surface area contributed by atoms with Crippen LogP contribution in [-0.4, -0.2) is 46.5 Å². The highest BCUT2D eigenvalue weighted by molar-refractivity contribution is 6.30. The van der Waals surface area contributed by atoms with Crippen LogP contribution in [0.15, 0.2) is 42.5 Å². The van der Waals surface area contributed by atoms with Gasteiger partial charge in [-0.05, 0) is 55.0 Å². The highest BCUT2D eigenvalue weighted by Crippen LogP contribution is 2.31. The number of aliphatic hydroxyl groups is 1. The van der Waals surface area contributed by atoms with E-state index in [1.54, 1.807) is 24.3 Å². The second kappa shape index (κ2) is 8.84. The molecule has 3 amide bonds. The number of rotatable bonds is 6. The van der Waals surface area contributed by atoms with E-state index in [1.165, 1.54) is 17.0 Å². The Labute approximate surface area is 193 Å². The van der Waals surface area contributed by atoms with Gasteiger partial charge in [0.15, 0.2) is 0 Å². The Hall–Kier alpha value is -3.43. The van der Waals surface area contributed by atoms with Gasteiger partial charge < -0.3 is 25.6 Å². The molecule has 10 heteroatoms. The van der Waals surface area contributed by atoms with Gasteiger partial charge in [-0.1, -0.05) is 11.6 Å². The second-order valence-electron chi connectivity index (χ2n) is 7.84. The summed E-state index contributed by atoms with van der Waals surface area (Å²) in [4.78, 5) is 42.1. The van der Waals surface area contributed by atoms with Gasteiger partial charge in [0, 0.05) is 47.7 Å². The Kier molecular flexibility index (Phi) is 6.09. The molecule has 1 aliphatic rings. The lowest BCUT2D eigenvalue weighted by atomic mass is 10.0. The minimum atomic E-state index is -2.24. The molecular weight excluding hydrogens is 451 g/mol. The zero-order valence-corrected chi connectivity index (χ0v) is 18.5. The summed E-state index contributed by atoms with van der Waals surface area (Å²) in [5, 5.41) is 16.9. The summed E-state index contributed by atoms with van der Waals surface area (Å²) >= 11 is 5.82. The summed E-state index contributed by atoms with van der Waals surface area (Å²) in [6, 6.07) is 10.6. The number of amides is 3. The topological polar surface area (TPSA) is 115 Å². The average molecular weight is 473 g/mol. The highest BCUT2D eigenvalue weighted by Gasteiger charge is 2.51. The number of aromatic amines is 1. The lowest BCUT2D eigenvalue weighted by molar-refractivity contribution is -0.149. The Bertz CT molecular complexity index is 1240. The Morgan fingerprint density at radius 2 is 2.00 bits per heavy atom. The van der Waals surface area contributed by atoms with E-state index in [9.17, 15) is 23.9 Å². The van der Waals surface area contributed by atoms with Crippen LogP contribution in [0.25, 0.3) is 10.9 Å². The molecule has 2 aromatic carbocycles. The summed E-state index contributed by atoms with van der Waals surface area (Å²) < 4.78 is 13.5. The molecular formula is C23H22ClFN4O4. The molecule has 0 saturated carbocycles. The molecule has 1 unspecified atom stereocenters. The summed E-state index contributed by atoms with van der Waals surface area (Å²) in [5.74, 6) is -2.41. The summed E-state index contributed by atoms with van der Waals surface area (Å²) in [6.45, 7) is 2.36. The number of benzene rings is 2. The molecule has 1 saturated heterocycles. The Balaban J connectivity index is 1.49. The van der Waals surface area contributed by atoms with Gasteiger partial charge in [0.05, 0.1) is 0 Å². The second-order valence-corrected chi connectivity index (χ2v) is 8.28. The number of H-pyrrole nitrogens is 1.